The molecule has 1 aromatic carbocycles. The highest BCUT2D eigenvalue weighted by Gasteiger charge is 2.27. The first-order valence-electron chi connectivity index (χ1n) is 8.07. The van der Waals surface area contributed by atoms with Gasteiger partial charge >= 0.3 is 15.9 Å². The standard InChI is InChI=1S/C16H14F2N6O4S/c1-10(13-21-9-22-24(13)16-19-6-3-7-20-16)23-14(25)11-4-2-5-12(8-11)28-29(26,27)15(17)18/h2-10,15H,1H3,(H,23,25). The number of carbonyl (C=O) groups is 1. The monoisotopic (exact) mass is 424 g/mol. The molecule has 0 saturated carbocycles. The van der Waals surface area contributed by atoms with Crippen molar-refractivity contribution in [2.75, 3.05) is 0 Å². The van der Waals surface area contributed by atoms with Crippen LogP contribution in [-0.2, 0) is 10.1 Å². The maximum Gasteiger partial charge on any atom is 0.372 e. The first-order chi connectivity index (χ1) is 13.8. The zero-order chi connectivity index (χ0) is 21.0. The van der Waals surface area contributed by atoms with Gasteiger partial charge in [-0.1, -0.05) is 6.07 Å². The van der Waals surface area contributed by atoms with Gasteiger partial charge in [-0.3, -0.25) is 4.79 Å². The van der Waals surface area contributed by atoms with Crippen LogP contribution in [0.3, 0.4) is 0 Å². The fourth-order valence-corrected chi connectivity index (χ4v) is 2.75. The molecular weight excluding hydrogens is 410 g/mol. The van der Waals surface area contributed by atoms with Crippen LogP contribution in [0.1, 0.15) is 29.1 Å². The van der Waals surface area contributed by atoms with Crippen LogP contribution in [0.2, 0.25) is 0 Å². The van der Waals surface area contributed by atoms with Crippen LogP contribution in [0.25, 0.3) is 5.95 Å². The predicted molar refractivity (Wildman–Crippen MR) is 94.8 cm³/mol. The van der Waals surface area contributed by atoms with Crippen molar-refractivity contribution in [3.8, 4) is 11.7 Å². The van der Waals surface area contributed by atoms with Crippen molar-refractivity contribution in [1.29, 1.82) is 0 Å². The summed E-state index contributed by atoms with van der Waals surface area (Å²) in [4.78, 5) is 24.7. The Morgan fingerprint density at radius 2 is 1.90 bits per heavy atom. The Labute approximate surface area is 163 Å². The van der Waals surface area contributed by atoms with E-state index in [1.807, 2.05) is 0 Å². The predicted octanol–water partition coefficient (Wildman–Crippen LogP) is 1.48. The highest BCUT2D eigenvalue weighted by molar-refractivity contribution is 7.87. The molecule has 0 aliphatic carbocycles. The van der Waals surface area contributed by atoms with Gasteiger partial charge in [0.1, 0.15) is 12.1 Å². The second-order valence-corrected chi connectivity index (χ2v) is 7.15. The number of benzene rings is 1. The van der Waals surface area contributed by atoms with Crippen LogP contribution in [0.15, 0.2) is 49.1 Å². The summed E-state index contributed by atoms with van der Waals surface area (Å²) in [6.45, 7) is 1.64. The van der Waals surface area contributed by atoms with Crippen LogP contribution in [0.5, 0.6) is 5.75 Å². The lowest BCUT2D eigenvalue weighted by atomic mass is 10.2. The molecule has 0 fully saturated rings. The van der Waals surface area contributed by atoms with Gasteiger partial charge in [0.25, 0.3) is 11.9 Å². The fraction of sp³-hybridized carbons (Fsp3) is 0.188. The summed E-state index contributed by atoms with van der Waals surface area (Å²) in [5.74, 6) is -4.12. The summed E-state index contributed by atoms with van der Waals surface area (Å²) in [6.07, 6.45) is 4.32. The number of nitrogens with zero attached hydrogens (tertiary/aromatic N) is 5. The number of hydrogen-bond acceptors (Lipinski definition) is 8. The van der Waals surface area contributed by atoms with Crippen molar-refractivity contribution in [2.24, 2.45) is 0 Å². The quantitative estimate of drug-likeness (QED) is 0.565. The first kappa shape index (κ1) is 20.3. The van der Waals surface area contributed by atoms with E-state index >= 15 is 0 Å². The average Bonchev–Trinajstić information content (AvgIpc) is 3.18. The lowest BCUT2D eigenvalue weighted by molar-refractivity contribution is 0.0937. The molecular formula is C16H14F2N6O4S. The Hall–Kier alpha value is -3.48. The maximum absolute atomic E-state index is 12.5. The number of aromatic nitrogens is 5. The van der Waals surface area contributed by atoms with Crippen LogP contribution in [0, 0.1) is 0 Å². The summed E-state index contributed by atoms with van der Waals surface area (Å²) in [7, 11) is -5.09. The Morgan fingerprint density at radius 3 is 2.59 bits per heavy atom. The SMILES string of the molecule is CC(NC(=O)c1cccc(OS(=O)(=O)C(F)F)c1)c1ncnn1-c1ncccn1. The molecule has 0 aliphatic heterocycles. The smallest absolute Gasteiger partial charge is 0.372 e. The molecule has 0 bridgehead atoms. The van der Waals surface area contributed by atoms with Gasteiger partial charge in [-0.2, -0.15) is 27.0 Å². The third-order valence-corrected chi connectivity index (χ3v) is 4.44. The van der Waals surface area contributed by atoms with E-state index in [0.717, 1.165) is 12.1 Å². The van der Waals surface area contributed by atoms with E-state index in [2.05, 4.69) is 29.6 Å². The van der Waals surface area contributed by atoms with E-state index < -0.39 is 33.6 Å². The van der Waals surface area contributed by atoms with Crippen LogP contribution in [0.4, 0.5) is 8.78 Å². The molecule has 152 valence electrons. The largest absolute Gasteiger partial charge is 0.378 e. The van der Waals surface area contributed by atoms with Gasteiger partial charge in [0.15, 0.2) is 5.82 Å². The van der Waals surface area contributed by atoms with Crippen LogP contribution < -0.4 is 9.50 Å². The molecule has 3 aromatic rings. The fourth-order valence-electron chi connectivity index (χ4n) is 2.30. The molecule has 29 heavy (non-hydrogen) atoms. The second kappa shape index (κ2) is 8.26. The van der Waals surface area contributed by atoms with Crippen molar-refractivity contribution < 1.29 is 26.2 Å². The van der Waals surface area contributed by atoms with Gasteiger partial charge in [-0.25, -0.2) is 15.0 Å². The molecule has 0 aliphatic rings. The summed E-state index contributed by atoms with van der Waals surface area (Å²) >= 11 is 0. The van der Waals surface area contributed by atoms with E-state index in [0.29, 0.717) is 5.82 Å². The highest BCUT2D eigenvalue weighted by atomic mass is 32.2. The number of nitrogens with one attached hydrogen (secondary N) is 1. The third kappa shape index (κ3) is 4.68. The molecule has 1 N–H and O–H groups in total. The lowest BCUT2D eigenvalue weighted by Crippen LogP contribution is -2.29. The molecule has 2 aromatic heterocycles. The van der Waals surface area contributed by atoms with E-state index in [9.17, 15) is 22.0 Å². The zero-order valence-electron chi connectivity index (χ0n) is 14.8. The van der Waals surface area contributed by atoms with E-state index in [1.54, 1.807) is 13.0 Å². The van der Waals surface area contributed by atoms with E-state index in [1.165, 1.54) is 35.5 Å². The maximum atomic E-state index is 12.5. The number of halogens is 2. The minimum absolute atomic E-state index is 0.000780. The molecule has 0 radical (unpaired) electrons. The molecule has 1 atom stereocenters. The summed E-state index contributed by atoms with van der Waals surface area (Å²) in [5.41, 5.74) is 0.000780. The van der Waals surface area contributed by atoms with Gasteiger partial charge in [0.05, 0.1) is 6.04 Å². The number of rotatable bonds is 7. The summed E-state index contributed by atoms with van der Waals surface area (Å²) in [5, 5.41) is 6.68. The topological polar surface area (TPSA) is 129 Å². The molecule has 1 unspecified atom stereocenters. The van der Waals surface area contributed by atoms with Gasteiger partial charge in [0.2, 0.25) is 0 Å². The second-order valence-electron chi connectivity index (χ2n) is 5.64. The Bertz CT molecular complexity index is 1110. The molecule has 3 rings (SSSR count). The minimum atomic E-state index is -5.09. The van der Waals surface area contributed by atoms with E-state index in [4.69, 9.17) is 0 Å². The van der Waals surface area contributed by atoms with Crippen LogP contribution >= 0.6 is 0 Å². The molecule has 0 spiro atoms. The molecule has 2 heterocycles. The van der Waals surface area contributed by atoms with Gasteiger partial charge in [-0.05, 0) is 31.2 Å². The number of alkyl halides is 2. The van der Waals surface area contributed by atoms with Crippen LogP contribution in [-0.4, -0.2) is 44.8 Å². The lowest BCUT2D eigenvalue weighted by Gasteiger charge is -2.14. The zero-order valence-corrected chi connectivity index (χ0v) is 15.6. The molecule has 1 amide bonds. The molecule has 13 heteroatoms. The van der Waals surface area contributed by atoms with Gasteiger partial charge < -0.3 is 9.50 Å². The first-order valence-corrected chi connectivity index (χ1v) is 9.55. The number of carbonyl (C=O) groups excluding carboxylic acids is 1. The van der Waals surface area contributed by atoms with Gasteiger partial charge in [0, 0.05) is 18.0 Å². The van der Waals surface area contributed by atoms with Crippen molar-refractivity contribution in [3.05, 3.63) is 60.4 Å². The van der Waals surface area contributed by atoms with Crippen molar-refractivity contribution in [1.82, 2.24) is 30.0 Å². The number of amides is 1. The van der Waals surface area contributed by atoms with E-state index in [-0.39, 0.29) is 11.5 Å². The van der Waals surface area contributed by atoms with Gasteiger partial charge in [-0.15, -0.1) is 0 Å². The Morgan fingerprint density at radius 1 is 1.17 bits per heavy atom. The Balaban J connectivity index is 1.76. The molecule has 0 saturated heterocycles. The third-order valence-electron chi connectivity index (χ3n) is 3.58. The summed E-state index contributed by atoms with van der Waals surface area (Å²) < 4.78 is 52.9. The average molecular weight is 424 g/mol. The Kier molecular flexibility index (Phi) is 5.77. The van der Waals surface area contributed by atoms with Crippen molar-refractivity contribution in [3.63, 3.8) is 0 Å². The normalized spacial score (nSPS) is 12.6. The number of hydrogen-bond donors (Lipinski definition) is 1. The highest BCUT2D eigenvalue weighted by Crippen LogP contribution is 2.19. The summed E-state index contributed by atoms with van der Waals surface area (Å²) in [6, 6.07) is 5.85. The minimum Gasteiger partial charge on any atom is -0.378 e. The molecule has 10 nitrogen and oxygen atoms in total. The van der Waals surface area contributed by atoms with Crippen molar-refractivity contribution >= 4 is 16.0 Å². The van der Waals surface area contributed by atoms with Crippen molar-refractivity contribution in [2.45, 2.75) is 18.7 Å².